The third-order valence-electron chi connectivity index (χ3n) is 6.45. The van der Waals surface area contributed by atoms with Crippen LogP contribution >= 0.6 is 11.8 Å². The molecule has 0 bridgehead atoms. The van der Waals surface area contributed by atoms with Crippen molar-refractivity contribution in [2.24, 2.45) is 11.7 Å². The summed E-state index contributed by atoms with van der Waals surface area (Å²) in [5.74, 6) is 2.46. The topological polar surface area (TPSA) is 93.8 Å². The number of hydrogen-bond acceptors (Lipinski definition) is 8. The van der Waals surface area contributed by atoms with Gasteiger partial charge < -0.3 is 20.1 Å². The van der Waals surface area contributed by atoms with Gasteiger partial charge in [-0.2, -0.15) is 4.98 Å². The molecule has 9 heteroatoms. The summed E-state index contributed by atoms with van der Waals surface area (Å²) in [6, 6.07) is 15.0. The lowest BCUT2D eigenvalue weighted by molar-refractivity contribution is 0.1000. The van der Waals surface area contributed by atoms with Gasteiger partial charge in [-0.15, -0.1) is 0 Å². The SMILES string of the molecule is COc1cccc(COc2nc(N3CCN(CC4CC4)CC3)ncc2Sc2ccc(C(N)=O)cc2)c1. The molecule has 3 aromatic rings. The van der Waals surface area contributed by atoms with E-state index in [-0.39, 0.29) is 0 Å². The van der Waals surface area contributed by atoms with E-state index in [4.69, 9.17) is 20.2 Å². The number of nitrogens with zero attached hydrogens (tertiary/aromatic N) is 4. The number of nitrogens with two attached hydrogens (primary N) is 1. The number of aromatic nitrogens is 2. The molecule has 2 heterocycles. The third kappa shape index (κ3) is 6.27. The van der Waals surface area contributed by atoms with Gasteiger partial charge in [0.25, 0.3) is 0 Å². The Balaban J connectivity index is 1.33. The van der Waals surface area contributed by atoms with Gasteiger partial charge in [-0.25, -0.2) is 4.98 Å². The summed E-state index contributed by atoms with van der Waals surface area (Å²) in [5.41, 5.74) is 6.84. The summed E-state index contributed by atoms with van der Waals surface area (Å²) in [5, 5.41) is 0. The number of rotatable bonds is 10. The molecule has 0 unspecified atom stereocenters. The van der Waals surface area contributed by atoms with Crippen molar-refractivity contribution in [3.63, 3.8) is 0 Å². The highest BCUT2D eigenvalue weighted by atomic mass is 32.2. The van der Waals surface area contributed by atoms with Crippen molar-refractivity contribution in [1.29, 1.82) is 0 Å². The fourth-order valence-electron chi connectivity index (χ4n) is 4.20. The molecule has 2 N–H and O–H groups in total. The number of methoxy groups -OCH3 is 1. The molecule has 2 aliphatic rings. The Hall–Kier alpha value is -3.30. The van der Waals surface area contributed by atoms with Crippen LogP contribution in [0.15, 0.2) is 64.5 Å². The molecule has 1 aromatic heterocycles. The molecule has 1 saturated carbocycles. The molecule has 2 fully saturated rings. The zero-order valence-electron chi connectivity index (χ0n) is 20.4. The van der Waals surface area contributed by atoms with E-state index in [1.54, 1.807) is 19.2 Å². The molecule has 1 aliphatic heterocycles. The van der Waals surface area contributed by atoms with Crippen molar-refractivity contribution < 1.29 is 14.3 Å². The predicted octanol–water partition coefficient (Wildman–Crippen LogP) is 3.85. The molecule has 1 aliphatic carbocycles. The van der Waals surface area contributed by atoms with Gasteiger partial charge in [-0.05, 0) is 60.7 Å². The third-order valence-corrected chi connectivity index (χ3v) is 7.46. The Labute approximate surface area is 215 Å². The van der Waals surface area contributed by atoms with Crippen molar-refractivity contribution >= 4 is 23.6 Å². The molecule has 1 saturated heterocycles. The molecule has 0 atom stereocenters. The first-order valence-electron chi connectivity index (χ1n) is 12.2. The molecule has 0 radical (unpaired) electrons. The number of carbonyl (C=O) groups is 1. The Morgan fingerprint density at radius 3 is 2.58 bits per heavy atom. The first-order chi connectivity index (χ1) is 17.6. The van der Waals surface area contributed by atoms with Crippen LogP contribution in [0.2, 0.25) is 0 Å². The molecule has 5 rings (SSSR count). The van der Waals surface area contributed by atoms with Crippen LogP contribution < -0.4 is 20.1 Å². The van der Waals surface area contributed by atoms with Gasteiger partial charge >= 0.3 is 0 Å². The molecular weight excluding hydrogens is 474 g/mol. The molecule has 8 nitrogen and oxygen atoms in total. The first kappa shape index (κ1) is 24.4. The van der Waals surface area contributed by atoms with Crippen molar-refractivity contribution in [3.05, 3.63) is 65.9 Å². The molecule has 2 aromatic carbocycles. The average Bonchev–Trinajstić information content (AvgIpc) is 3.73. The number of piperazine rings is 1. The number of hydrogen-bond donors (Lipinski definition) is 1. The smallest absolute Gasteiger partial charge is 0.248 e. The Morgan fingerprint density at radius 2 is 1.89 bits per heavy atom. The Morgan fingerprint density at radius 1 is 1.11 bits per heavy atom. The highest BCUT2D eigenvalue weighted by molar-refractivity contribution is 7.99. The zero-order chi connectivity index (χ0) is 24.9. The largest absolute Gasteiger partial charge is 0.497 e. The first-order valence-corrected chi connectivity index (χ1v) is 13.1. The standard InChI is InChI=1S/C27H31N5O3S/c1-34-22-4-2-3-20(15-22)18-35-26-24(36-23-9-7-21(8-10-23)25(28)33)16-29-27(30-26)32-13-11-31(12-14-32)17-19-5-6-19/h2-4,7-10,15-16,19H,5-6,11-14,17-18H2,1H3,(H2,28,33). The quantitative estimate of drug-likeness (QED) is 0.444. The fourth-order valence-corrected chi connectivity index (χ4v) is 5.02. The average molecular weight is 506 g/mol. The predicted molar refractivity (Wildman–Crippen MR) is 140 cm³/mol. The van der Waals surface area contributed by atoms with E-state index in [0.717, 1.165) is 53.2 Å². The highest BCUT2D eigenvalue weighted by Crippen LogP contribution is 2.35. The van der Waals surface area contributed by atoms with Crippen LogP contribution in [-0.4, -0.2) is 60.6 Å². The van der Waals surface area contributed by atoms with Gasteiger partial charge in [0.2, 0.25) is 17.7 Å². The summed E-state index contributed by atoms with van der Waals surface area (Å²) in [6.07, 6.45) is 4.58. The Kier molecular flexibility index (Phi) is 7.58. The summed E-state index contributed by atoms with van der Waals surface area (Å²) < 4.78 is 11.6. The number of benzene rings is 2. The van der Waals surface area contributed by atoms with Crippen LogP contribution in [0.25, 0.3) is 0 Å². The minimum Gasteiger partial charge on any atom is -0.497 e. The van der Waals surface area contributed by atoms with Gasteiger partial charge in [-0.1, -0.05) is 23.9 Å². The van der Waals surface area contributed by atoms with Gasteiger partial charge in [0.15, 0.2) is 0 Å². The van der Waals surface area contributed by atoms with Crippen LogP contribution in [0, 0.1) is 5.92 Å². The fraction of sp³-hybridized carbons (Fsp3) is 0.370. The van der Waals surface area contributed by atoms with Crippen molar-refractivity contribution in [3.8, 4) is 11.6 Å². The lowest BCUT2D eigenvalue weighted by atomic mass is 10.2. The van der Waals surface area contributed by atoms with Gasteiger partial charge in [0.05, 0.1) is 18.2 Å². The maximum absolute atomic E-state index is 11.4. The van der Waals surface area contributed by atoms with Gasteiger partial charge in [0, 0.05) is 43.2 Å². The van der Waals surface area contributed by atoms with Crippen LogP contribution in [-0.2, 0) is 6.61 Å². The maximum Gasteiger partial charge on any atom is 0.248 e. The number of primary amides is 1. The van der Waals surface area contributed by atoms with E-state index in [2.05, 4.69) is 14.8 Å². The molecule has 1 amide bonds. The molecule has 0 spiro atoms. The Bertz CT molecular complexity index is 1190. The summed E-state index contributed by atoms with van der Waals surface area (Å²) in [4.78, 5) is 27.5. The van der Waals surface area contributed by atoms with E-state index < -0.39 is 5.91 Å². The molecule has 36 heavy (non-hydrogen) atoms. The number of amides is 1. The molecule has 188 valence electrons. The van der Waals surface area contributed by atoms with E-state index >= 15 is 0 Å². The van der Waals surface area contributed by atoms with Gasteiger partial charge in [0.1, 0.15) is 12.4 Å². The zero-order valence-corrected chi connectivity index (χ0v) is 21.2. The summed E-state index contributed by atoms with van der Waals surface area (Å²) in [7, 11) is 1.65. The highest BCUT2D eigenvalue weighted by Gasteiger charge is 2.27. The normalized spacial score (nSPS) is 16.1. The second kappa shape index (κ2) is 11.2. The second-order valence-electron chi connectivity index (χ2n) is 9.20. The van der Waals surface area contributed by atoms with Crippen molar-refractivity contribution in [2.45, 2.75) is 29.2 Å². The monoisotopic (exact) mass is 505 g/mol. The van der Waals surface area contributed by atoms with Crippen LogP contribution in [0.1, 0.15) is 28.8 Å². The minimum absolute atomic E-state index is 0.358. The van der Waals surface area contributed by atoms with Gasteiger partial charge in [-0.3, -0.25) is 9.69 Å². The maximum atomic E-state index is 11.4. The van der Waals surface area contributed by atoms with E-state index in [0.29, 0.717) is 24.0 Å². The number of ether oxygens (including phenoxy) is 2. The van der Waals surface area contributed by atoms with Crippen LogP contribution in [0.5, 0.6) is 11.6 Å². The lowest BCUT2D eigenvalue weighted by Crippen LogP contribution is -2.47. The summed E-state index contributed by atoms with van der Waals surface area (Å²) >= 11 is 1.49. The van der Waals surface area contributed by atoms with Crippen LogP contribution in [0.4, 0.5) is 5.95 Å². The summed E-state index contributed by atoms with van der Waals surface area (Å²) in [6.45, 7) is 5.45. The van der Waals surface area contributed by atoms with E-state index in [1.807, 2.05) is 42.6 Å². The number of anilines is 1. The number of carbonyl (C=O) groups excluding carboxylic acids is 1. The van der Waals surface area contributed by atoms with E-state index in [1.165, 1.54) is 31.1 Å². The van der Waals surface area contributed by atoms with E-state index in [9.17, 15) is 4.79 Å². The second-order valence-corrected chi connectivity index (χ2v) is 10.3. The van der Waals surface area contributed by atoms with Crippen molar-refractivity contribution in [2.75, 3.05) is 44.7 Å². The van der Waals surface area contributed by atoms with Crippen LogP contribution in [0.3, 0.4) is 0 Å². The lowest BCUT2D eigenvalue weighted by Gasteiger charge is -2.34. The molecular formula is C27H31N5O3S. The van der Waals surface area contributed by atoms with Crippen molar-refractivity contribution in [1.82, 2.24) is 14.9 Å². The minimum atomic E-state index is -0.446.